The summed E-state index contributed by atoms with van der Waals surface area (Å²) >= 11 is 6.25. The number of hydrogen-bond donors (Lipinski definition) is 2. The van der Waals surface area contributed by atoms with E-state index >= 15 is 0 Å². The fourth-order valence-corrected chi connectivity index (χ4v) is 3.38. The van der Waals surface area contributed by atoms with Gasteiger partial charge in [-0.2, -0.15) is 0 Å². The number of phenols is 1. The third-order valence-corrected chi connectivity index (χ3v) is 4.94. The van der Waals surface area contributed by atoms with E-state index in [-0.39, 0.29) is 17.0 Å². The van der Waals surface area contributed by atoms with Gasteiger partial charge in [0.2, 0.25) is 0 Å². The topological polar surface area (TPSA) is 74.0 Å². The summed E-state index contributed by atoms with van der Waals surface area (Å²) in [4.78, 5) is 12.8. The first-order valence-electron chi connectivity index (χ1n) is 9.32. The third kappa shape index (κ3) is 4.02. The predicted octanol–water partition coefficient (Wildman–Crippen LogP) is 7.17. The summed E-state index contributed by atoms with van der Waals surface area (Å²) in [5, 5.41) is 24.0. The maximum atomic E-state index is 12.8. The Kier molecular flexibility index (Phi) is 5.46. The Morgan fingerprint density at radius 1 is 0.933 bits per heavy atom. The molecule has 0 aliphatic heterocycles. The molecule has 0 radical (unpaired) electrons. The Morgan fingerprint density at radius 2 is 1.67 bits per heavy atom. The number of aryl methyl sites for hydroxylation is 1. The molecule has 0 spiro atoms. The fraction of sp³-hybridized carbons (Fsp3) is 0.0417. The van der Waals surface area contributed by atoms with Crippen LogP contribution in [0.1, 0.15) is 15.9 Å². The van der Waals surface area contributed by atoms with Gasteiger partial charge < -0.3 is 10.4 Å². The van der Waals surface area contributed by atoms with E-state index in [1.54, 1.807) is 30.3 Å². The number of benzene rings is 4. The molecule has 0 aliphatic rings. The van der Waals surface area contributed by atoms with Crippen molar-refractivity contribution in [3.63, 3.8) is 0 Å². The Morgan fingerprint density at radius 3 is 2.43 bits per heavy atom. The van der Waals surface area contributed by atoms with Gasteiger partial charge in [-0.25, -0.2) is 0 Å². The van der Waals surface area contributed by atoms with E-state index in [2.05, 4.69) is 15.5 Å². The zero-order valence-electron chi connectivity index (χ0n) is 16.1. The molecule has 0 bridgehead atoms. The van der Waals surface area contributed by atoms with E-state index in [9.17, 15) is 9.90 Å². The van der Waals surface area contributed by atoms with Gasteiger partial charge in [0.15, 0.2) is 5.75 Å². The van der Waals surface area contributed by atoms with Gasteiger partial charge in [-0.15, -0.1) is 10.2 Å². The number of fused-ring (bicyclic) bond motifs is 1. The summed E-state index contributed by atoms with van der Waals surface area (Å²) in [5.41, 5.74) is 2.44. The molecule has 2 N–H and O–H groups in total. The lowest BCUT2D eigenvalue weighted by Gasteiger charge is -2.11. The van der Waals surface area contributed by atoms with Gasteiger partial charge in [0.1, 0.15) is 11.4 Å². The molecule has 0 saturated carbocycles. The molecule has 0 saturated heterocycles. The van der Waals surface area contributed by atoms with Crippen LogP contribution in [0.2, 0.25) is 5.02 Å². The Balaban J connectivity index is 1.79. The molecule has 0 atom stereocenters. The Bertz CT molecular complexity index is 1270. The van der Waals surface area contributed by atoms with Gasteiger partial charge in [-0.05, 0) is 48.2 Å². The number of hydrogen-bond acceptors (Lipinski definition) is 4. The van der Waals surface area contributed by atoms with E-state index in [0.717, 1.165) is 10.9 Å². The Hall–Kier alpha value is -3.70. The van der Waals surface area contributed by atoms with Crippen LogP contribution < -0.4 is 5.32 Å². The van der Waals surface area contributed by atoms with Gasteiger partial charge in [0.25, 0.3) is 5.91 Å². The van der Waals surface area contributed by atoms with Gasteiger partial charge in [0.05, 0.1) is 10.6 Å². The molecular formula is C24H18ClN3O2. The SMILES string of the molecule is Cc1ccc(N=Nc2c(O)c(C(=O)Nc3ccccc3)cc3ccccc23)c(Cl)c1. The second-order valence-corrected chi connectivity index (χ2v) is 7.22. The number of para-hydroxylation sites is 1. The van der Waals surface area contributed by atoms with Crippen molar-refractivity contribution in [3.8, 4) is 5.75 Å². The number of azo groups is 1. The van der Waals surface area contributed by atoms with Crippen molar-refractivity contribution in [1.82, 2.24) is 0 Å². The molecule has 5 nitrogen and oxygen atoms in total. The van der Waals surface area contributed by atoms with Gasteiger partial charge >= 0.3 is 0 Å². The second kappa shape index (κ2) is 8.35. The molecule has 0 aromatic heterocycles. The zero-order chi connectivity index (χ0) is 21.1. The smallest absolute Gasteiger partial charge is 0.259 e. The van der Waals surface area contributed by atoms with E-state index in [4.69, 9.17) is 11.6 Å². The van der Waals surface area contributed by atoms with E-state index in [0.29, 0.717) is 21.8 Å². The van der Waals surface area contributed by atoms with Crippen molar-refractivity contribution in [2.75, 3.05) is 5.32 Å². The Labute approximate surface area is 178 Å². The number of phenolic OH excluding ortho intramolecular Hbond substituents is 1. The van der Waals surface area contributed by atoms with Crippen molar-refractivity contribution in [2.45, 2.75) is 6.92 Å². The average Bonchev–Trinajstić information content (AvgIpc) is 2.74. The molecular weight excluding hydrogens is 398 g/mol. The van der Waals surface area contributed by atoms with Crippen LogP contribution in [0.4, 0.5) is 17.1 Å². The summed E-state index contributed by atoms with van der Waals surface area (Å²) in [7, 11) is 0. The number of amides is 1. The number of anilines is 1. The van der Waals surface area contributed by atoms with Crippen LogP contribution in [0, 0.1) is 6.92 Å². The van der Waals surface area contributed by atoms with Crippen molar-refractivity contribution in [2.24, 2.45) is 10.2 Å². The standard InChI is InChI=1S/C24H18ClN3O2/c1-15-11-12-21(20(25)13-15)27-28-22-18-10-6-5-7-16(18)14-19(23(22)29)24(30)26-17-8-3-2-4-9-17/h2-14,29H,1H3,(H,26,30). The van der Waals surface area contributed by atoms with Crippen LogP contribution in [0.25, 0.3) is 10.8 Å². The first-order valence-corrected chi connectivity index (χ1v) is 9.70. The molecule has 4 rings (SSSR count). The van der Waals surface area contributed by atoms with Gasteiger partial charge in [0, 0.05) is 11.1 Å². The average molecular weight is 416 g/mol. The number of nitrogens with one attached hydrogen (secondary N) is 1. The predicted molar refractivity (Wildman–Crippen MR) is 120 cm³/mol. The van der Waals surface area contributed by atoms with Crippen LogP contribution in [0.5, 0.6) is 5.75 Å². The molecule has 0 fully saturated rings. The fourth-order valence-electron chi connectivity index (χ4n) is 3.11. The summed E-state index contributed by atoms with van der Waals surface area (Å²) in [6.07, 6.45) is 0. The summed E-state index contributed by atoms with van der Waals surface area (Å²) in [6.45, 7) is 1.93. The molecule has 1 amide bonds. The maximum Gasteiger partial charge on any atom is 0.259 e. The molecule has 6 heteroatoms. The van der Waals surface area contributed by atoms with Crippen LogP contribution >= 0.6 is 11.6 Å². The molecule has 4 aromatic carbocycles. The van der Waals surface area contributed by atoms with Crippen molar-refractivity contribution in [3.05, 3.63) is 95.0 Å². The highest BCUT2D eigenvalue weighted by atomic mass is 35.5. The summed E-state index contributed by atoms with van der Waals surface area (Å²) in [5.74, 6) is -0.677. The van der Waals surface area contributed by atoms with Crippen LogP contribution in [0.15, 0.2) is 89.1 Å². The largest absolute Gasteiger partial charge is 0.505 e. The quantitative estimate of drug-likeness (QED) is 0.346. The molecule has 148 valence electrons. The van der Waals surface area contributed by atoms with E-state index in [1.807, 2.05) is 55.5 Å². The third-order valence-electron chi connectivity index (χ3n) is 4.63. The molecule has 0 unspecified atom stereocenters. The van der Waals surface area contributed by atoms with E-state index < -0.39 is 5.91 Å². The number of carbonyl (C=O) groups is 1. The van der Waals surface area contributed by atoms with Crippen LogP contribution in [-0.2, 0) is 0 Å². The second-order valence-electron chi connectivity index (χ2n) is 6.82. The number of carbonyl (C=O) groups excluding carboxylic acids is 1. The normalized spacial score (nSPS) is 11.1. The lowest BCUT2D eigenvalue weighted by molar-refractivity contribution is 0.102. The number of rotatable bonds is 4. The van der Waals surface area contributed by atoms with Crippen molar-refractivity contribution >= 4 is 45.3 Å². The van der Waals surface area contributed by atoms with Crippen LogP contribution in [-0.4, -0.2) is 11.0 Å². The van der Waals surface area contributed by atoms with E-state index in [1.165, 1.54) is 0 Å². The maximum absolute atomic E-state index is 12.8. The van der Waals surface area contributed by atoms with Crippen molar-refractivity contribution in [1.29, 1.82) is 0 Å². The highest BCUT2D eigenvalue weighted by molar-refractivity contribution is 6.33. The van der Waals surface area contributed by atoms with Gasteiger partial charge in [-0.1, -0.05) is 60.1 Å². The zero-order valence-corrected chi connectivity index (χ0v) is 16.9. The lowest BCUT2D eigenvalue weighted by Crippen LogP contribution is -2.12. The number of nitrogens with zero attached hydrogens (tertiary/aromatic N) is 2. The monoisotopic (exact) mass is 415 g/mol. The summed E-state index contributed by atoms with van der Waals surface area (Å²) in [6, 6.07) is 23.5. The highest BCUT2D eigenvalue weighted by Crippen LogP contribution is 2.40. The molecule has 4 aromatic rings. The first-order chi connectivity index (χ1) is 14.5. The number of aromatic hydroxyl groups is 1. The molecule has 0 aliphatic carbocycles. The minimum atomic E-state index is -0.436. The first kappa shape index (κ1) is 19.6. The minimum Gasteiger partial charge on any atom is -0.505 e. The van der Waals surface area contributed by atoms with Gasteiger partial charge in [-0.3, -0.25) is 4.79 Å². The minimum absolute atomic E-state index is 0.113. The lowest BCUT2D eigenvalue weighted by atomic mass is 10.0. The highest BCUT2D eigenvalue weighted by Gasteiger charge is 2.18. The molecule has 0 heterocycles. The molecule has 30 heavy (non-hydrogen) atoms. The number of halogens is 1. The summed E-state index contributed by atoms with van der Waals surface area (Å²) < 4.78 is 0. The van der Waals surface area contributed by atoms with Crippen LogP contribution in [0.3, 0.4) is 0 Å². The van der Waals surface area contributed by atoms with Crippen molar-refractivity contribution < 1.29 is 9.90 Å².